The van der Waals surface area contributed by atoms with Crippen LogP contribution in [0.4, 0.5) is 5.69 Å². The summed E-state index contributed by atoms with van der Waals surface area (Å²) in [7, 11) is 0. The first-order valence-electron chi connectivity index (χ1n) is 10.7. The quantitative estimate of drug-likeness (QED) is 0.193. The number of ether oxygens (including phenoxy) is 6. The lowest BCUT2D eigenvalue weighted by Crippen LogP contribution is -2.15. The van der Waals surface area contributed by atoms with Crippen LogP contribution in [0, 0.1) is 0 Å². The number of esters is 1. The Morgan fingerprint density at radius 1 is 0.733 bits per heavy atom. The third-order valence-electron chi connectivity index (χ3n) is 3.97. The fraction of sp³-hybridized carbons (Fsp3) is 0.682. The van der Waals surface area contributed by atoms with E-state index in [1.54, 1.807) is 12.1 Å². The van der Waals surface area contributed by atoms with Gasteiger partial charge in [-0.2, -0.15) is 0 Å². The molecule has 0 bridgehead atoms. The Balaban J connectivity index is 1.73. The molecule has 8 nitrogen and oxygen atoms in total. The van der Waals surface area contributed by atoms with E-state index in [0.717, 1.165) is 25.0 Å². The highest BCUT2D eigenvalue weighted by Crippen LogP contribution is 2.12. The van der Waals surface area contributed by atoms with Gasteiger partial charge in [-0.25, -0.2) is 0 Å². The first-order chi connectivity index (χ1) is 14.7. The second kappa shape index (κ2) is 19.1. The summed E-state index contributed by atoms with van der Waals surface area (Å²) in [5.74, 6) is 0.618. The fourth-order valence-electron chi connectivity index (χ4n) is 2.35. The van der Waals surface area contributed by atoms with Gasteiger partial charge in [0, 0.05) is 12.1 Å². The van der Waals surface area contributed by atoms with Gasteiger partial charge >= 0.3 is 5.97 Å². The van der Waals surface area contributed by atoms with E-state index in [4.69, 9.17) is 34.2 Å². The zero-order valence-electron chi connectivity index (χ0n) is 18.1. The fourth-order valence-corrected chi connectivity index (χ4v) is 2.35. The monoisotopic (exact) mass is 427 g/mol. The van der Waals surface area contributed by atoms with E-state index in [0.29, 0.717) is 78.2 Å². The standard InChI is InChI=1S/C22H37NO7/c1-2-3-4-5-22(24)30-19-17-28-15-13-26-11-10-25-12-14-27-16-18-29-21-8-6-20(23)7-9-21/h6-9H,2-5,10-19,23H2,1H3. The van der Waals surface area contributed by atoms with Crippen molar-refractivity contribution in [1.82, 2.24) is 0 Å². The zero-order valence-corrected chi connectivity index (χ0v) is 18.1. The number of anilines is 1. The molecule has 172 valence electrons. The van der Waals surface area contributed by atoms with Gasteiger partial charge in [0.25, 0.3) is 0 Å². The van der Waals surface area contributed by atoms with Crippen molar-refractivity contribution in [2.75, 3.05) is 71.8 Å². The van der Waals surface area contributed by atoms with Gasteiger partial charge in [-0.05, 0) is 30.7 Å². The first kappa shape index (κ1) is 26.2. The van der Waals surface area contributed by atoms with Gasteiger partial charge in [0.15, 0.2) is 0 Å². The third kappa shape index (κ3) is 16.0. The number of unbranched alkanes of at least 4 members (excludes halogenated alkanes) is 2. The van der Waals surface area contributed by atoms with Gasteiger partial charge < -0.3 is 34.2 Å². The van der Waals surface area contributed by atoms with E-state index < -0.39 is 0 Å². The van der Waals surface area contributed by atoms with Crippen LogP contribution in [-0.4, -0.2) is 72.0 Å². The number of hydrogen-bond donors (Lipinski definition) is 1. The maximum absolute atomic E-state index is 11.4. The number of hydrogen-bond acceptors (Lipinski definition) is 8. The summed E-state index contributed by atoms with van der Waals surface area (Å²) in [4.78, 5) is 11.4. The van der Waals surface area contributed by atoms with Gasteiger partial charge in [-0.15, -0.1) is 0 Å². The Kier molecular flexibility index (Phi) is 16.7. The van der Waals surface area contributed by atoms with Crippen molar-refractivity contribution in [3.8, 4) is 5.75 Å². The van der Waals surface area contributed by atoms with Gasteiger partial charge in [0.2, 0.25) is 0 Å². The van der Waals surface area contributed by atoms with Crippen molar-refractivity contribution in [3.05, 3.63) is 24.3 Å². The average molecular weight is 428 g/mol. The van der Waals surface area contributed by atoms with Crippen LogP contribution >= 0.6 is 0 Å². The summed E-state index contributed by atoms with van der Waals surface area (Å²) >= 11 is 0. The predicted octanol–water partition coefficient (Wildman–Crippen LogP) is 2.84. The van der Waals surface area contributed by atoms with Gasteiger partial charge in [-0.3, -0.25) is 4.79 Å². The Hall–Kier alpha value is -1.87. The van der Waals surface area contributed by atoms with Crippen LogP contribution in [0.25, 0.3) is 0 Å². The van der Waals surface area contributed by atoms with Crippen molar-refractivity contribution >= 4 is 11.7 Å². The molecule has 1 rings (SSSR count). The van der Waals surface area contributed by atoms with E-state index >= 15 is 0 Å². The normalized spacial score (nSPS) is 10.8. The summed E-state index contributed by atoms with van der Waals surface area (Å²) in [6.07, 6.45) is 3.52. The number of carbonyl (C=O) groups excluding carboxylic acids is 1. The SMILES string of the molecule is CCCCCC(=O)OCCOCCOCCOCCOCCOc1ccc(N)cc1. The van der Waals surface area contributed by atoms with Gasteiger partial charge in [-0.1, -0.05) is 19.8 Å². The largest absolute Gasteiger partial charge is 0.491 e. The van der Waals surface area contributed by atoms with Crippen molar-refractivity contribution < 1.29 is 33.2 Å². The molecule has 0 aliphatic rings. The minimum Gasteiger partial charge on any atom is -0.491 e. The minimum atomic E-state index is -0.154. The van der Waals surface area contributed by atoms with Crippen LogP contribution in [0.1, 0.15) is 32.6 Å². The van der Waals surface area contributed by atoms with Crippen molar-refractivity contribution in [1.29, 1.82) is 0 Å². The van der Waals surface area contributed by atoms with Crippen LogP contribution < -0.4 is 10.5 Å². The summed E-state index contributed by atoms with van der Waals surface area (Å²) in [5.41, 5.74) is 6.32. The van der Waals surface area contributed by atoms with Crippen LogP contribution in [0.3, 0.4) is 0 Å². The summed E-state index contributed by atoms with van der Waals surface area (Å²) < 4.78 is 32.2. The molecule has 30 heavy (non-hydrogen) atoms. The highest BCUT2D eigenvalue weighted by Gasteiger charge is 2.01. The zero-order chi connectivity index (χ0) is 21.7. The van der Waals surface area contributed by atoms with Gasteiger partial charge in [0.05, 0.1) is 52.9 Å². The number of nitrogens with two attached hydrogens (primary N) is 1. The molecule has 1 aromatic carbocycles. The van der Waals surface area contributed by atoms with Crippen molar-refractivity contribution in [3.63, 3.8) is 0 Å². The molecule has 1 aromatic rings. The van der Waals surface area contributed by atoms with E-state index in [1.165, 1.54) is 0 Å². The Morgan fingerprint density at radius 3 is 1.77 bits per heavy atom. The number of carbonyl (C=O) groups is 1. The molecule has 2 N–H and O–H groups in total. The van der Waals surface area contributed by atoms with Crippen LogP contribution in [-0.2, 0) is 28.5 Å². The van der Waals surface area contributed by atoms with E-state index in [9.17, 15) is 4.79 Å². The molecule has 0 radical (unpaired) electrons. The van der Waals surface area contributed by atoms with Gasteiger partial charge in [0.1, 0.15) is 19.0 Å². The molecular weight excluding hydrogens is 390 g/mol. The van der Waals surface area contributed by atoms with Crippen molar-refractivity contribution in [2.24, 2.45) is 0 Å². The molecule has 0 saturated heterocycles. The molecule has 0 amide bonds. The molecule has 0 fully saturated rings. The lowest BCUT2D eigenvalue weighted by Gasteiger charge is -2.09. The Bertz CT molecular complexity index is 525. The maximum atomic E-state index is 11.4. The van der Waals surface area contributed by atoms with E-state index in [-0.39, 0.29) is 5.97 Å². The second-order valence-corrected chi connectivity index (χ2v) is 6.54. The maximum Gasteiger partial charge on any atom is 0.305 e. The smallest absolute Gasteiger partial charge is 0.305 e. The van der Waals surface area contributed by atoms with E-state index in [1.807, 2.05) is 12.1 Å². The average Bonchev–Trinajstić information content (AvgIpc) is 2.75. The number of rotatable bonds is 20. The molecule has 0 aromatic heterocycles. The van der Waals surface area contributed by atoms with Crippen LogP contribution in [0.15, 0.2) is 24.3 Å². The minimum absolute atomic E-state index is 0.154. The molecule has 0 atom stereocenters. The molecule has 0 unspecified atom stereocenters. The third-order valence-corrected chi connectivity index (χ3v) is 3.97. The molecule has 0 aliphatic heterocycles. The molecule has 0 heterocycles. The second-order valence-electron chi connectivity index (χ2n) is 6.54. The molecule has 0 aliphatic carbocycles. The lowest BCUT2D eigenvalue weighted by atomic mass is 10.2. The number of benzene rings is 1. The molecule has 0 saturated carbocycles. The Labute approximate surface area is 179 Å². The predicted molar refractivity (Wildman–Crippen MR) is 115 cm³/mol. The molecular formula is C22H37NO7. The molecule has 8 heteroatoms. The number of nitrogen functional groups attached to an aromatic ring is 1. The van der Waals surface area contributed by atoms with Crippen LogP contribution in [0.5, 0.6) is 5.75 Å². The van der Waals surface area contributed by atoms with Crippen LogP contribution in [0.2, 0.25) is 0 Å². The summed E-state index contributed by atoms with van der Waals surface area (Å²) in [6.45, 7) is 6.70. The Morgan fingerprint density at radius 2 is 1.23 bits per heavy atom. The van der Waals surface area contributed by atoms with Crippen molar-refractivity contribution in [2.45, 2.75) is 32.6 Å². The summed E-state index contributed by atoms with van der Waals surface area (Å²) in [5, 5.41) is 0. The molecule has 0 spiro atoms. The first-order valence-corrected chi connectivity index (χ1v) is 10.7. The lowest BCUT2D eigenvalue weighted by molar-refractivity contribution is -0.145. The highest BCUT2D eigenvalue weighted by molar-refractivity contribution is 5.69. The highest BCUT2D eigenvalue weighted by atomic mass is 16.6. The van der Waals surface area contributed by atoms with E-state index in [2.05, 4.69) is 6.92 Å². The summed E-state index contributed by atoms with van der Waals surface area (Å²) in [6, 6.07) is 7.25. The topological polar surface area (TPSA) is 98.5 Å².